The molecule has 0 aliphatic carbocycles. The van der Waals surface area contributed by atoms with Crippen molar-refractivity contribution >= 4 is 17.9 Å². The van der Waals surface area contributed by atoms with Crippen LogP contribution in [0.5, 0.6) is 0 Å². The van der Waals surface area contributed by atoms with Crippen LogP contribution in [0.4, 0.5) is 4.79 Å². The average Bonchev–Trinajstić information content (AvgIpc) is 2.83. The van der Waals surface area contributed by atoms with Crippen molar-refractivity contribution in [2.45, 2.75) is 51.7 Å². The van der Waals surface area contributed by atoms with Crippen LogP contribution in [0.1, 0.15) is 49.5 Å². The van der Waals surface area contributed by atoms with Gasteiger partial charge in [-0.15, -0.1) is 0 Å². The van der Waals surface area contributed by atoms with Gasteiger partial charge in [0.2, 0.25) is 5.91 Å². The van der Waals surface area contributed by atoms with Crippen molar-refractivity contribution < 1.29 is 19.1 Å². The molecule has 1 heterocycles. The van der Waals surface area contributed by atoms with Crippen molar-refractivity contribution in [3.05, 3.63) is 71.8 Å². The molecule has 0 bridgehead atoms. The lowest BCUT2D eigenvalue weighted by atomic mass is 9.96. The Labute approximate surface area is 208 Å². The molecule has 1 N–H and O–H groups in total. The molecule has 188 valence electrons. The fourth-order valence-electron chi connectivity index (χ4n) is 4.32. The fraction of sp³-hybridized carbons (Fsp3) is 0.464. The van der Waals surface area contributed by atoms with E-state index in [1.54, 1.807) is 36.2 Å². The van der Waals surface area contributed by atoms with E-state index in [1.807, 2.05) is 62.1 Å². The summed E-state index contributed by atoms with van der Waals surface area (Å²) in [6, 6.07) is 18.0. The second-order valence-corrected chi connectivity index (χ2v) is 10.2. The Balaban J connectivity index is 1.68. The second-order valence-electron chi connectivity index (χ2n) is 10.2. The maximum Gasteiger partial charge on any atom is 0.410 e. The summed E-state index contributed by atoms with van der Waals surface area (Å²) < 4.78 is 5.46. The molecule has 1 aliphatic heterocycles. The molecular formula is C28H37N3O4. The lowest BCUT2D eigenvalue weighted by Crippen LogP contribution is -2.53. The minimum atomic E-state index is -0.674. The van der Waals surface area contributed by atoms with E-state index in [1.165, 1.54) is 0 Å². The van der Waals surface area contributed by atoms with Gasteiger partial charge >= 0.3 is 6.09 Å². The predicted molar refractivity (Wildman–Crippen MR) is 136 cm³/mol. The number of rotatable bonds is 7. The predicted octanol–water partition coefficient (Wildman–Crippen LogP) is 4.13. The molecule has 3 amide bonds. The largest absolute Gasteiger partial charge is 0.444 e. The van der Waals surface area contributed by atoms with Gasteiger partial charge in [0.25, 0.3) is 5.91 Å². The van der Waals surface area contributed by atoms with Crippen molar-refractivity contribution in [2.75, 3.05) is 26.7 Å². The van der Waals surface area contributed by atoms with Gasteiger partial charge in [-0.2, -0.15) is 0 Å². The second kappa shape index (κ2) is 11.9. The van der Waals surface area contributed by atoms with Crippen LogP contribution in [0, 0.1) is 5.92 Å². The smallest absolute Gasteiger partial charge is 0.410 e. The third kappa shape index (κ3) is 8.12. The molecule has 1 aliphatic rings. The van der Waals surface area contributed by atoms with E-state index in [9.17, 15) is 14.4 Å². The standard InChI is InChI=1S/C28H37N3O4/c1-28(2,3)35-27(34)30(4)19-22-14-11-17-31(20-22)26(33)24(18-21-12-7-5-8-13-21)29-25(32)23-15-9-6-10-16-23/h5-10,12-13,15-16,22,24H,11,14,17-20H2,1-4H3,(H,29,32)/t22-,24-/m1/s1. The van der Waals surface area contributed by atoms with Crippen molar-refractivity contribution in [3.63, 3.8) is 0 Å². The molecule has 0 radical (unpaired) electrons. The molecule has 7 heteroatoms. The normalized spacial score (nSPS) is 16.8. The zero-order valence-electron chi connectivity index (χ0n) is 21.2. The fourth-order valence-corrected chi connectivity index (χ4v) is 4.32. The van der Waals surface area contributed by atoms with Crippen LogP contribution >= 0.6 is 0 Å². The molecule has 1 fully saturated rings. The number of piperidine rings is 1. The van der Waals surface area contributed by atoms with E-state index >= 15 is 0 Å². The first-order valence-corrected chi connectivity index (χ1v) is 12.2. The summed E-state index contributed by atoms with van der Waals surface area (Å²) in [5, 5.41) is 2.96. The number of nitrogens with one attached hydrogen (secondary N) is 1. The Morgan fingerprint density at radius 2 is 1.69 bits per heavy atom. The minimum Gasteiger partial charge on any atom is -0.444 e. The Morgan fingerprint density at radius 3 is 2.31 bits per heavy atom. The van der Waals surface area contributed by atoms with Crippen LogP contribution in [0.2, 0.25) is 0 Å². The molecular weight excluding hydrogens is 442 g/mol. The number of carbonyl (C=O) groups excluding carboxylic acids is 3. The van der Waals surface area contributed by atoms with Gasteiger partial charge in [-0.3, -0.25) is 9.59 Å². The highest BCUT2D eigenvalue weighted by Crippen LogP contribution is 2.20. The third-order valence-electron chi connectivity index (χ3n) is 5.99. The van der Waals surface area contributed by atoms with E-state index in [0.717, 1.165) is 18.4 Å². The zero-order valence-corrected chi connectivity index (χ0v) is 21.2. The quantitative estimate of drug-likeness (QED) is 0.648. The summed E-state index contributed by atoms with van der Waals surface area (Å²) in [6.07, 6.45) is 1.83. The topological polar surface area (TPSA) is 79.0 Å². The highest BCUT2D eigenvalue weighted by Gasteiger charge is 2.32. The lowest BCUT2D eigenvalue weighted by Gasteiger charge is -2.37. The lowest BCUT2D eigenvalue weighted by molar-refractivity contribution is -0.135. The average molecular weight is 480 g/mol. The van der Waals surface area contributed by atoms with Gasteiger partial charge in [-0.1, -0.05) is 48.5 Å². The van der Waals surface area contributed by atoms with Gasteiger partial charge in [-0.25, -0.2) is 4.79 Å². The number of carbonyl (C=O) groups is 3. The van der Waals surface area contributed by atoms with Crippen molar-refractivity contribution in [1.82, 2.24) is 15.1 Å². The first-order chi connectivity index (χ1) is 16.6. The summed E-state index contributed by atoms with van der Waals surface area (Å²) in [4.78, 5) is 42.3. The van der Waals surface area contributed by atoms with Crippen LogP contribution in [0.25, 0.3) is 0 Å². The van der Waals surface area contributed by atoms with Crippen LogP contribution in [0.15, 0.2) is 60.7 Å². The number of ether oxygens (including phenoxy) is 1. The van der Waals surface area contributed by atoms with E-state index in [-0.39, 0.29) is 23.8 Å². The van der Waals surface area contributed by atoms with E-state index in [4.69, 9.17) is 4.74 Å². The molecule has 0 unspecified atom stereocenters. The molecule has 2 aromatic carbocycles. The first-order valence-electron chi connectivity index (χ1n) is 12.2. The van der Waals surface area contributed by atoms with Crippen LogP contribution in [-0.2, 0) is 16.0 Å². The molecule has 7 nitrogen and oxygen atoms in total. The number of likely N-dealkylation sites (tertiary alicyclic amines) is 1. The van der Waals surface area contributed by atoms with Gasteiger partial charge in [0.1, 0.15) is 11.6 Å². The number of hydrogen-bond acceptors (Lipinski definition) is 4. The van der Waals surface area contributed by atoms with Crippen LogP contribution in [-0.4, -0.2) is 66.0 Å². The molecule has 0 saturated carbocycles. The third-order valence-corrected chi connectivity index (χ3v) is 5.99. The van der Waals surface area contributed by atoms with Crippen LogP contribution in [0.3, 0.4) is 0 Å². The summed E-state index contributed by atoms with van der Waals surface area (Å²) in [5.41, 5.74) is 0.952. The summed E-state index contributed by atoms with van der Waals surface area (Å²) >= 11 is 0. The van der Waals surface area contributed by atoms with Crippen molar-refractivity contribution in [2.24, 2.45) is 5.92 Å². The van der Waals surface area contributed by atoms with Crippen LogP contribution < -0.4 is 5.32 Å². The Morgan fingerprint density at radius 1 is 1.06 bits per heavy atom. The highest BCUT2D eigenvalue weighted by atomic mass is 16.6. The summed E-state index contributed by atoms with van der Waals surface area (Å²) in [5.74, 6) is -0.215. The van der Waals surface area contributed by atoms with Gasteiger partial charge in [0.15, 0.2) is 0 Å². The van der Waals surface area contributed by atoms with Gasteiger partial charge in [-0.05, 0) is 57.2 Å². The molecule has 1 saturated heterocycles. The van der Waals surface area contributed by atoms with E-state index in [0.29, 0.717) is 31.6 Å². The Hall–Kier alpha value is -3.35. The highest BCUT2D eigenvalue weighted by molar-refractivity contribution is 5.97. The zero-order chi connectivity index (χ0) is 25.4. The van der Waals surface area contributed by atoms with Gasteiger partial charge in [0.05, 0.1) is 0 Å². The molecule has 2 aromatic rings. The molecule has 2 atom stereocenters. The molecule has 35 heavy (non-hydrogen) atoms. The molecule has 0 aromatic heterocycles. The summed E-state index contributed by atoms with van der Waals surface area (Å²) in [6.45, 7) is 7.22. The number of hydrogen-bond donors (Lipinski definition) is 1. The van der Waals surface area contributed by atoms with Crippen molar-refractivity contribution in [1.29, 1.82) is 0 Å². The number of benzene rings is 2. The maximum absolute atomic E-state index is 13.6. The monoisotopic (exact) mass is 479 g/mol. The number of amides is 3. The number of nitrogens with zero attached hydrogens (tertiary/aromatic N) is 2. The van der Waals surface area contributed by atoms with E-state index in [2.05, 4.69) is 5.32 Å². The Kier molecular flexibility index (Phi) is 8.90. The first kappa shape index (κ1) is 26.3. The minimum absolute atomic E-state index is 0.0947. The van der Waals surface area contributed by atoms with Crippen molar-refractivity contribution in [3.8, 4) is 0 Å². The maximum atomic E-state index is 13.6. The van der Waals surface area contributed by atoms with Gasteiger partial charge in [0, 0.05) is 38.7 Å². The van der Waals surface area contributed by atoms with Gasteiger partial charge < -0.3 is 19.9 Å². The Bertz CT molecular complexity index is 988. The van der Waals surface area contributed by atoms with E-state index < -0.39 is 11.6 Å². The SMILES string of the molecule is CN(C[C@H]1CCCN(C(=O)[C@@H](Cc2ccccc2)NC(=O)c2ccccc2)C1)C(=O)OC(C)(C)C. The summed E-state index contributed by atoms with van der Waals surface area (Å²) in [7, 11) is 1.73. The molecule has 0 spiro atoms. The molecule has 3 rings (SSSR count).